The predicted octanol–water partition coefficient (Wildman–Crippen LogP) is 16.6. The summed E-state index contributed by atoms with van der Waals surface area (Å²) in [5.41, 5.74) is 11.8. The molecule has 2 aliphatic heterocycles. The molecule has 78 heavy (non-hydrogen) atoms. The summed E-state index contributed by atoms with van der Waals surface area (Å²) >= 11 is 0. The van der Waals surface area contributed by atoms with Crippen LogP contribution in [-0.2, 0) is 30.3 Å². The number of ether oxygens (including phenoxy) is 4. The normalized spacial score (nSPS) is 22.2. The molecule has 10 heteroatoms. The first-order valence-corrected chi connectivity index (χ1v) is 31.9. The Morgan fingerprint density at radius 3 is 1.62 bits per heavy atom. The van der Waals surface area contributed by atoms with Crippen LogP contribution in [0, 0.1) is 68.1 Å². The molecule has 0 bridgehead atoms. The highest BCUT2D eigenvalue weighted by Crippen LogP contribution is 2.49. The molecule has 1 unspecified atom stereocenters. The van der Waals surface area contributed by atoms with Crippen LogP contribution in [0.2, 0.25) is 0 Å². The van der Waals surface area contributed by atoms with E-state index < -0.39 is 11.9 Å². The van der Waals surface area contributed by atoms with Gasteiger partial charge in [-0.1, -0.05) is 152 Å². The van der Waals surface area contributed by atoms with Gasteiger partial charge in [0.2, 0.25) is 5.91 Å². The van der Waals surface area contributed by atoms with Crippen LogP contribution < -0.4 is 25.8 Å². The number of hydrogen-bond donors (Lipinski definition) is 3. The van der Waals surface area contributed by atoms with Gasteiger partial charge in [0.15, 0.2) is 13.2 Å². The summed E-state index contributed by atoms with van der Waals surface area (Å²) in [6.07, 6.45) is 28.5. The van der Waals surface area contributed by atoms with Crippen LogP contribution in [-0.4, -0.2) is 54.7 Å². The molecule has 3 aliphatic rings. The summed E-state index contributed by atoms with van der Waals surface area (Å²) in [4.78, 5) is 38.8. The lowest BCUT2D eigenvalue weighted by atomic mass is 9.73. The Labute approximate surface area is 477 Å². The van der Waals surface area contributed by atoms with Crippen molar-refractivity contribution in [2.45, 2.75) is 289 Å². The molecule has 1 aliphatic carbocycles. The molecule has 0 radical (unpaired) electrons. The monoisotopic (exact) mass is 1090 g/mol. The lowest BCUT2D eigenvalue weighted by molar-refractivity contribution is -0.130. The van der Waals surface area contributed by atoms with Crippen molar-refractivity contribution < 1.29 is 33.3 Å². The minimum atomic E-state index is -0.838. The molecule has 446 valence electrons. The van der Waals surface area contributed by atoms with Crippen LogP contribution in [0.25, 0.3) is 0 Å². The van der Waals surface area contributed by atoms with Crippen LogP contribution in [0.5, 0.6) is 11.5 Å². The minimum absolute atomic E-state index is 0.0647. The number of benzene rings is 1. The van der Waals surface area contributed by atoms with Gasteiger partial charge in [-0.15, -0.1) is 0 Å². The van der Waals surface area contributed by atoms with Gasteiger partial charge < -0.3 is 35.3 Å². The molecule has 1 aromatic rings. The van der Waals surface area contributed by atoms with Gasteiger partial charge in [0, 0.05) is 23.9 Å². The number of carbonyl (C=O) groups is 3. The van der Waals surface area contributed by atoms with Gasteiger partial charge in [-0.25, -0.2) is 0 Å². The van der Waals surface area contributed by atoms with Gasteiger partial charge in [-0.3, -0.25) is 14.4 Å². The number of hydrogen-bond acceptors (Lipinski definition) is 7. The highest BCUT2D eigenvalue weighted by atomic mass is 16.5. The molecule has 10 nitrogen and oxygen atoms in total. The molecule has 1 saturated heterocycles. The van der Waals surface area contributed by atoms with Crippen molar-refractivity contribution in [3.05, 3.63) is 44.9 Å². The zero-order valence-electron chi connectivity index (χ0n) is 52.9. The van der Waals surface area contributed by atoms with Crippen molar-refractivity contribution in [2.75, 3.05) is 19.8 Å². The molecule has 4 rings (SSSR count). The van der Waals surface area contributed by atoms with E-state index in [2.05, 4.69) is 121 Å². The van der Waals surface area contributed by atoms with Crippen molar-refractivity contribution in [2.24, 2.45) is 53.1 Å². The van der Waals surface area contributed by atoms with Gasteiger partial charge in [0.05, 0.1) is 0 Å². The Morgan fingerprint density at radius 2 is 1.09 bits per heavy atom. The average Bonchev–Trinajstić information content (AvgIpc) is 3.54. The molecule has 4 N–H and O–H groups in total. The van der Waals surface area contributed by atoms with E-state index in [4.69, 9.17) is 24.7 Å². The maximum atomic E-state index is 13.3. The van der Waals surface area contributed by atoms with Crippen molar-refractivity contribution in [1.29, 1.82) is 0 Å². The maximum Gasteiger partial charge on any atom is 0.258 e. The number of nitrogens with one attached hydrogen (secondary N) is 2. The Balaban J connectivity index is 1.15. The number of allylic oxidation sites excluding steroid dienone is 4. The highest BCUT2D eigenvalue weighted by Gasteiger charge is 2.43. The molecule has 1 fully saturated rings. The fourth-order valence-corrected chi connectivity index (χ4v) is 13.0. The average molecular weight is 1090 g/mol. The van der Waals surface area contributed by atoms with Gasteiger partial charge >= 0.3 is 0 Å². The van der Waals surface area contributed by atoms with Crippen molar-refractivity contribution in [3.8, 4) is 11.5 Å². The van der Waals surface area contributed by atoms with E-state index in [-0.39, 0.29) is 48.1 Å². The molecule has 0 saturated carbocycles. The molecule has 2 heterocycles. The van der Waals surface area contributed by atoms with Crippen LogP contribution in [0.1, 0.15) is 266 Å². The van der Waals surface area contributed by atoms with Gasteiger partial charge in [-0.2, -0.15) is 0 Å². The van der Waals surface area contributed by atoms with Crippen LogP contribution in [0.15, 0.2) is 22.7 Å². The third kappa shape index (κ3) is 21.7. The van der Waals surface area contributed by atoms with Crippen molar-refractivity contribution in [3.63, 3.8) is 0 Å². The van der Waals surface area contributed by atoms with Gasteiger partial charge in [-0.05, 0) is 182 Å². The third-order valence-corrected chi connectivity index (χ3v) is 18.7. The van der Waals surface area contributed by atoms with E-state index in [0.29, 0.717) is 25.8 Å². The molecular formula is C68H117N3O7. The largest absolute Gasteiger partial charge is 0.491 e. The lowest BCUT2D eigenvalue weighted by Crippen LogP contribution is -2.46. The van der Waals surface area contributed by atoms with E-state index in [9.17, 15) is 14.4 Å². The summed E-state index contributed by atoms with van der Waals surface area (Å²) in [6, 6.07) is -0.838. The minimum Gasteiger partial charge on any atom is -0.491 e. The van der Waals surface area contributed by atoms with E-state index in [1.54, 1.807) is 0 Å². The SMILES string of the molecule is CC1=C(OCC(=O)N[C@@H](CCCCNC(=O)COc2c(C)c(C)c3c(c2C)CC[C@@](C)(CCC[C@H](C)CCC[C@H](C)CCCC(C)C)O3)C(N)=O)C(C)[C@H]2CC[C@@](C)(CCC[C@H](C)CCC[C@H](C)CCCC(C)C)OC2=C1C. The second-order valence-corrected chi connectivity index (χ2v) is 27.2. The summed E-state index contributed by atoms with van der Waals surface area (Å²) in [7, 11) is 0. The summed E-state index contributed by atoms with van der Waals surface area (Å²) in [5.74, 6) is 7.49. The zero-order chi connectivity index (χ0) is 57.7. The first kappa shape index (κ1) is 66.8. The Kier molecular flexibility index (Phi) is 28.0. The number of rotatable bonds is 37. The number of unbranched alkanes of at least 4 members (excludes halogenated alkanes) is 1. The van der Waals surface area contributed by atoms with Crippen LogP contribution in [0.3, 0.4) is 0 Å². The topological polar surface area (TPSA) is 138 Å². The van der Waals surface area contributed by atoms with E-state index in [1.807, 2.05) is 0 Å². The molecular weight excluding hydrogens is 971 g/mol. The number of fused-ring (bicyclic) bond motifs is 2. The number of primary amides is 1. The second-order valence-electron chi connectivity index (χ2n) is 27.2. The smallest absolute Gasteiger partial charge is 0.258 e. The zero-order valence-corrected chi connectivity index (χ0v) is 52.9. The second kappa shape index (κ2) is 32.7. The Bertz CT molecular complexity index is 2110. The molecule has 3 amide bonds. The summed E-state index contributed by atoms with van der Waals surface area (Å²) < 4.78 is 26.3. The van der Waals surface area contributed by atoms with Crippen LogP contribution in [0.4, 0.5) is 0 Å². The molecule has 1 aromatic carbocycles. The fourth-order valence-electron chi connectivity index (χ4n) is 13.0. The number of amides is 3. The Morgan fingerprint density at radius 1 is 0.590 bits per heavy atom. The van der Waals surface area contributed by atoms with E-state index >= 15 is 0 Å². The number of carbonyl (C=O) groups excluding carboxylic acids is 3. The lowest BCUT2D eigenvalue weighted by Gasteiger charge is -2.45. The van der Waals surface area contributed by atoms with E-state index in [0.717, 1.165) is 125 Å². The highest BCUT2D eigenvalue weighted by molar-refractivity contribution is 5.87. The molecule has 0 spiro atoms. The summed E-state index contributed by atoms with van der Waals surface area (Å²) in [6.45, 7) is 36.3. The quantitative estimate of drug-likeness (QED) is 0.0564. The summed E-state index contributed by atoms with van der Waals surface area (Å²) in [5, 5.41) is 5.78. The van der Waals surface area contributed by atoms with Gasteiger partial charge in [0.1, 0.15) is 40.3 Å². The first-order chi connectivity index (χ1) is 36.8. The third-order valence-electron chi connectivity index (χ3n) is 18.7. The predicted molar refractivity (Wildman–Crippen MR) is 324 cm³/mol. The van der Waals surface area contributed by atoms with Gasteiger partial charge in [0.25, 0.3) is 11.8 Å². The maximum absolute atomic E-state index is 13.3. The van der Waals surface area contributed by atoms with Crippen molar-refractivity contribution >= 4 is 17.7 Å². The van der Waals surface area contributed by atoms with Crippen LogP contribution >= 0.6 is 0 Å². The Hall–Kier alpha value is -3.69. The number of nitrogens with two attached hydrogens (primary N) is 1. The van der Waals surface area contributed by atoms with E-state index in [1.165, 1.54) is 108 Å². The first-order valence-electron chi connectivity index (χ1n) is 31.9. The molecule has 0 aromatic heterocycles. The molecule has 9 atom stereocenters. The standard InChI is InChI=1S/C68H117N3O7/c1-45(2)25-19-27-47(5)29-21-31-49(7)33-23-38-67(15)40-36-57-55(13)62(51(9)53(11)64(57)77-67)75-43-60(72)70-42-18-17-35-59(66(69)74)71-61(73)44-76-63-52(10)54(12)65-58(56(63)14)37-41-68(16,78-65)39-24-34-50(8)32-22-30-48(6)28-20-26-46(3)4/h45-50,56,58-59H,17-44H2,1-16H3,(H2,69,74)(H,70,72)(H,71,73)/t47-,48-,49-,50-,56?,58-,59+,67-,68-/m1/s1. The van der Waals surface area contributed by atoms with Crippen molar-refractivity contribution in [1.82, 2.24) is 10.6 Å². The fraction of sp³-hybridized carbons (Fsp3) is 0.809.